The maximum absolute atomic E-state index is 8.66. The van der Waals surface area contributed by atoms with Crippen LogP contribution in [0.2, 0.25) is 0 Å². The Labute approximate surface area is 95.1 Å². The normalized spacial score (nSPS) is 25.2. The van der Waals surface area contributed by atoms with Crippen molar-refractivity contribution in [3.63, 3.8) is 0 Å². The highest BCUT2D eigenvalue weighted by atomic mass is 15.3. The highest BCUT2D eigenvalue weighted by Crippen LogP contribution is 2.15. The Bertz CT molecular complexity index is 394. The van der Waals surface area contributed by atoms with Crippen molar-refractivity contribution in [3.8, 4) is 6.07 Å². The van der Waals surface area contributed by atoms with Crippen molar-refractivity contribution in [1.82, 2.24) is 15.3 Å². The van der Waals surface area contributed by atoms with Gasteiger partial charge in [0, 0.05) is 25.2 Å². The van der Waals surface area contributed by atoms with Crippen molar-refractivity contribution in [2.24, 2.45) is 0 Å². The van der Waals surface area contributed by atoms with Crippen LogP contribution in [0.1, 0.15) is 19.5 Å². The molecule has 1 aromatic heterocycles. The van der Waals surface area contributed by atoms with E-state index in [2.05, 4.69) is 34.0 Å². The van der Waals surface area contributed by atoms with Gasteiger partial charge in [-0.3, -0.25) is 0 Å². The number of aromatic nitrogens is 2. The summed E-state index contributed by atoms with van der Waals surface area (Å²) in [6.45, 7) is 6.17. The number of hydrogen-bond acceptors (Lipinski definition) is 5. The van der Waals surface area contributed by atoms with E-state index in [4.69, 9.17) is 5.26 Å². The molecule has 0 amide bonds. The molecular formula is C11H15N5. The van der Waals surface area contributed by atoms with Crippen LogP contribution in [0.15, 0.2) is 12.4 Å². The van der Waals surface area contributed by atoms with E-state index >= 15 is 0 Å². The maximum Gasteiger partial charge on any atom is 0.158 e. The van der Waals surface area contributed by atoms with Crippen LogP contribution in [-0.2, 0) is 0 Å². The molecule has 0 spiro atoms. The van der Waals surface area contributed by atoms with E-state index in [1.54, 1.807) is 6.20 Å². The number of nitriles is 1. The largest absolute Gasteiger partial charge is 0.350 e. The van der Waals surface area contributed by atoms with Crippen molar-refractivity contribution < 1.29 is 0 Å². The quantitative estimate of drug-likeness (QED) is 0.743. The SMILES string of the molecule is CC1CN(c2cnc(C#N)cn2)C(C)CN1. The van der Waals surface area contributed by atoms with Gasteiger partial charge in [-0.15, -0.1) is 0 Å². The van der Waals surface area contributed by atoms with Gasteiger partial charge < -0.3 is 10.2 Å². The molecule has 0 aromatic carbocycles. The third kappa shape index (κ3) is 2.12. The number of rotatable bonds is 1. The lowest BCUT2D eigenvalue weighted by Crippen LogP contribution is -2.54. The maximum atomic E-state index is 8.66. The summed E-state index contributed by atoms with van der Waals surface area (Å²) < 4.78 is 0. The molecule has 0 radical (unpaired) electrons. The lowest BCUT2D eigenvalue weighted by molar-refractivity contribution is 0.422. The zero-order chi connectivity index (χ0) is 11.5. The van der Waals surface area contributed by atoms with Gasteiger partial charge in [0.15, 0.2) is 5.69 Å². The number of nitrogens with zero attached hydrogens (tertiary/aromatic N) is 4. The first-order valence-electron chi connectivity index (χ1n) is 5.43. The predicted octanol–water partition coefficient (Wildman–Crippen LogP) is 0.535. The number of piperazine rings is 1. The minimum absolute atomic E-state index is 0.361. The van der Waals surface area contributed by atoms with Crippen LogP contribution >= 0.6 is 0 Å². The van der Waals surface area contributed by atoms with Crippen LogP contribution in [-0.4, -0.2) is 35.1 Å². The van der Waals surface area contributed by atoms with Gasteiger partial charge in [0.05, 0.1) is 12.4 Å². The Morgan fingerprint density at radius 3 is 2.88 bits per heavy atom. The molecule has 0 saturated carbocycles. The van der Waals surface area contributed by atoms with Gasteiger partial charge in [-0.1, -0.05) is 0 Å². The van der Waals surface area contributed by atoms with Crippen molar-refractivity contribution in [2.75, 3.05) is 18.0 Å². The molecule has 1 aliphatic heterocycles. The summed E-state index contributed by atoms with van der Waals surface area (Å²) in [5.74, 6) is 0.847. The van der Waals surface area contributed by atoms with E-state index in [0.29, 0.717) is 17.8 Å². The average Bonchev–Trinajstić information content (AvgIpc) is 2.32. The average molecular weight is 217 g/mol. The summed E-state index contributed by atoms with van der Waals surface area (Å²) in [4.78, 5) is 10.5. The summed E-state index contributed by atoms with van der Waals surface area (Å²) in [5.41, 5.74) is 0.361. The van der Waals surface area contributed by atoms with Crippen molar-refractivity contribution >= 4 is 5.82 Å². The smallest absolute Gasteiger partial charge is 0.158 e. The van der Waals surface area contributed by atoms with Crippen molar-refractivity contribution in [2.45, 2.75) is 25.9 Å². The number of hydrogen-bond donors (Lipinski definition) is 1. The van der Waals surface area contributed by atoms with E-state index in [1.165, 1.54) is 6.20 Å². The van der Waals surface area contributed by atoms with Gasteiger partial charge in [0.2, 0.25) is 0 Å². The fourth-order valence-corrected chi connectivity index (χ4v) is 1.87. The van der Waals surface area contributed by atoms with Crippen LogP contribution in [0, 0.1) is 11.3 Å². The van der Waals surface area contributed by atoms with Gasteiger partial charge >= 0.3 is 0 Å². The number of anilines is 1. The zero-order valence-corrected chi connectivity index (χ0v) is 9.51. The number of nitrogens with one attached hydrogen (secondary N) is 1. The molecule has 5 nitrogen and oxygen atoms in total. The molecule has 1 N–H and O–H groups in total. The van der Waals surface area contributed by atoms with Gasteiger partial charge in [0.25, 0.3) is 0 Å². The van der Waals surface area contributed by atoms with Gasteiger partial charge in [-0.05, 0) is 13.8 Å². The van der Waals surface area contributed by atoms with E-state index in [-0.39, 0.29) is 0 Å². The lowest BCUT2D eigenvalue weighted by atomic mass is 10.1. The highest BCUT2D eigenvalue weighted by molar-refractivity contribution is 5.39. The molecule has 1 fully saturated rings. The Balaban J connectivity index is 2.18. The fourth-order valence-electron chi connectivity index (χ4n) is 1.87. The first kappa shape index (κ1) is 10.8. The molecule has 2 heterocycles. The topological polar surface area (TPSA) is 64.8 Å². The van der Waals surface area contributed by atoms with Gasteiger partial charge in [-0.2, -0.15) is 5.26 Å². The second-order valence-electron chi connectivity index (χ2n) is 4.18. The molecule has 2 atom stereocenters. The van der Waals surface area contributed by atoms with Gasteiger partial charge in [0.1, 0.15) is 11.9 Å². The first-order chi connectivity index (χ1) is 7.70. The summed E-state index contributed by atoms with van der Waals surface area (Å²) in [6, 6.07) is 2.83. The third-order valence-electron chi connectivity index (χ3n) is 2.81. The minimum atomic E-state index is 0.361. The van der Waals surface area contributed by atoms with Crippen LogP contribution in [0.5, 0.6) is 0 Å². The Morgan fingerprint density at radius 2 is 2.25 bits per heavy atom. The Hall–Kier alpha value is -1.67. The molecule has 2 rings (SSSR count). The second-order valence-corrected chi connectivity index (χ2v) is 4.18. The van der Waals surface area contributed by atoms with E-state index in [1.807, 2.05) is 6.07 Å². The minimum Gasteiger partial charge on any atom is -0.350 e. The van der Waals surface area contributed by atoms with Crippen LogP contribution in [0.4, 0.5) is 5.82 Å². The molecule has 84 valence electrons. The highest BCUT2D eigenvalue weighted by Gasteiger charge is 2.23. The van der Waals surface area contributed by atoms with Crippen LogP contribution in [0.25, 0.3) is 0 Å². The molecule has 5 heteroatoms. The van der Waals surface area contributed by atoms with Crippen molar-refractivity contribution in [3.05, 3.63) is 18.1 Å². The molecule has 1 saturated heterocycles. The fraction of sp³-hybridized carbons (Fsp3) is 0.545. The van der Waals surface area contributed by atoms with E-state index in [0.717, 1.165) is 18.9 Å². The monoisotopic (exact) mass is 217 g/mol. The second kappa shape index (κ2) is 4.45. The molecule has 1 aromatic rings. The van der Waals surface area contributed by atoms with Crippen molar-refractivity contribution in [1.29, 1.82) is 5.26 Å². The molecule has 16 heavy (non-hydrogen) atoms. The molecule has 1 aliphatic rings. The van der Waals surface area contributed by atoms with Crippen LogP contribution < -0.4 is 10.2 Å². The molecule has 0 bridgehead atoms. The van der Waals surface area contributed by atoms with Crippen LogP contribution in [0.3, 0.4) is 0 Å². The standard InChI is InChI=1S/C11H15N5/c1-8-7-16(9(2)4-13-8)11-6-14-10(3-12)5-15-11/h5-6,8-9,13H,4,7H2,1-2H3. The third-order valence-corrected chi connectivity index (χ3v) is 2.81. The van der Waals surface area contributed by atoms with E-state index < -0.39 is 0 Å². The summed E-state index contributed by atoms with van der Waals surface area (Å²) in [6.07, 6.45) is 3.20. The summed E-state index contributed by atoms with van der Waals surface area (Å²) in [7, 11) is 0. The molecule has 2 unspecified atom stereocenters. The first-order valence-corrected chi connectivity index (χ1v) is 5.43. The predicted molar refractivity (Wildman–Crippen MR) is 61.0 cm³/mol. The zero-order valence-electron chi connectivity index (χ0n) is 9.51. The Morgan fingerprint density at radius 1 is 1.44 bits per heavy atom. The summed E-state index contributed by atoms with van der Waals surface area (Å²) >= 11 is 0. The lowest BCUT2D eigenvalue weighted by Gasteiger charge is -2.38. The summed E-state index contributed by atoms with van der Waals surface area (Å²) in [5, 5.41) is 12.1. The molecular weight excluding hydrogens is 202 g/mol. The molecule has 0 aliphatic carbocycles. The van der Waals surface area contributed by atoms with E-state index in [9.17, 15) is 0 Å². The van der Waals surface area contributed by atoms with Gasteiger partial charge in [-0.25, -0.2) is 9.97 Å². The Kier molecular flexibility index (Phi) is 3.02.